The summed E-state index contributed by atoms with van der Waals surface area (Å²) in [5, 5.41) is 13.0. The molecule has 0 aliphatic rings. The Kier molecular flexibility index (Phi) is 3.85. The van der Waals surface area contributed by atoms with Gasteiger partial charge in [-0.15, -0.1) is 0 Å². The lowest BCUT2D eigenvalue weighted by Crippen LogP contribution is -2.10. The number of aryl methyl sites for hydroxylation is 2. The van der Waals surface area contributed by atoms with Crippen LogP contribution >= 0.6 is 0 Å². The third kappa shape index (κ3) is 2.36. The van der Waals surface area contributed by atoms with Crippen molar-refractivity contribution in [3.05, 3.63) is 17.0 Å². The maximum Gasteiger partial charge on any atom is 0.341 e. The van der Waals surface area contributed by atoms with Crippen LogP contribution in [0.5, 0.6) is 0 Å². The standard InChI is InChI=1S/C10H16N2O3/c1-4-15-10(14)9-7(2)11-12(3)8(9)5-6-13/h13H,4-6H2,1-3H3. The Hall–Kier alpha value is -1.36. The maximum atomic E-state index is 11.6. The van der Waals surface area contributed by atoms with Crippen LogP contribution < -0.4 is 0 Å². The van der Waals surface area contributed by atoms with E-state index in [2.05, 4.69) is 5.10 Å². The smallest absolute Gasteiger partial charge is 0.341 e. The zero-order chi connectivity index (χ0) is 11.4. The molecule has 5 nitrogen and oxygen atoms in total. The molecule has 0 aliphatic heterocycles. The molecular formula is C10H16N2O3. The van der Waals surface area contributed by atoms with Gasteiger partial charge in [0.25, 0.3) is 0 Å². The quantitative estimate of drug-likeness (QED) is 0.735. The van der Waals surface area contributed by atoms with Gasteiger partial charge >= 0.3 is 5.97 Å². The lowest BCUT2D eigenvalue weighted by molar-refractivity contribution is 0.0524. The normalized spacial score (nSPS) is 10.4. The van der Waals surface area contributed by atoms with Gasteiger partial charge < -0.3 is 9.84 Å². The first-order valence-corrected chi connectivity index (χ1v) is 4.92. The van der Waals surface area contributed by atoms with Gasteiger partial charge in [-0.1, -0.05) is 0 Å². The molecule has 0 aliphatic carbocycles. The van der Waals surface area contributed by atoms with Gasteiger partial charge in [-0.2, -0.15) is 5.10 Å². The zero-order valence-electron chi connectivity index (χ0n) is 9.28. The van der Waals surface area contributed by atoms with Gasteiger partial charge in [-0.3, -0.25) is 4.68 Å². The fourth-order valence-corrected chi connectivity index (χ4v) is 1.57. The van der Waals surface area contributed by atoms with E-state index in [1.54, 1.807) is 25.6 Å². The van der Waals surface area contributed by atoms with E-state index < -0.39 is 0 Å². The van der Waals surface area contributed by atoms with E-state index in [9.17, 15) is 4.79 Å². The van der Waals surface area contributed by atoms with Gasteiger partial charge in [0.2, 0.25) is 0 Å². The van der Waals surface area contributed by atoms with Crippen LogP contribution in [0.25, 0.3) is 0 Å². The number of aliphatic hydroxyl groups is 1. The minimum absolute atomic E-state index is 0.00855. The molecule has 0 bridgehead atoms. The molecule has 0 saturated heterocycles. The van der Waals surface area contributed by atoms with Gasteiger partial charge in [0.15, 0.2) is 0 Å². The summed E-state index contributed by atoms with van der Waals surface area (Å²) in [6, 6.07) is 0. The average Bonchev–Trinajstić information content (AvgIpc) is 2.43. The Bertz CT molecular complexity index is 358. The number of aliphatic hydroxyl groups excluding tert-OH is 1. The first-order chi connectivity index (χ1) is 7.11. The van der Waals surface area contributed by atoms with Crippen molar-refractivity contribution in [2.24, 2.45) is 7.05 Å². The van der Waals surface area contributed by atoms with Crippen LogP contribution in [0.15, 0.2) is 0 Å². The second kappa shape index (κ2) is 4.93. The highest BCUT2D eigenvalue weighted by molar-refractivity contribution is 5.91. The van der Waals surface area contributed by atoms with Crippen molar-refractivity contribution in [2.45, 2.75) is 20.3 Å². The molecule has 1 rings (SSSR count). The van der Waals surface area contributed by atoms with E-state index >= 15 is 0 Å². The lowest BCUT2D eigenvalue weighted by Gasteiger charge is -2.04. The first-order valence-electron chi connectivity index (χ1n) is 4.92. The Morgan fingerprint density at radius 3 is 2.80 bits per heavy atom. The molecule has 0 fully saturated rings. The van der Waals surface area contributed by atoms with Gasteiger partial charge in [-0.25, -0.2) is 4.79 Å². The summed E-state index contributed by atoms with van der Waals surface area (Å²) in [4.78, 5) is 11.6. The van der Waals surface area contributed by atoms with Crippen molar-refractivity contribution in [2.75, 3.05) is 13.2 Å². The first kappa shape index (κ1) is 11.7. The van der Waals surface area contributed by atoms with E-state index in [4.69, 9.17) is 9.84 Å². The maximum absolute atomic E-state index is 11.6. The number of rotatable bonds is 4. The number of carbonyl (C=O) groups is 1. The van der Waals surface area contributed by atoms with Crippen molar-refractivity contribution in [1.29, 1.82) is 0 Å². The highest BCUT2D eigenvalue weighted by Gasteiger charge is 2.20. The van der Waals surface area contributed by atoms with E-state index in [1.165, 1.54) is 0 Å². The molecule has 5 heteroatoms. The highest BCUT2D eigenvalue weighted by Crippen LogP contribution is 2.14. The van der Waals surface area contributed by atoms with E-state index in [-0.39, 0.29) is 12.6 Å². The van der Waals surface area contributed by atoms with Gasteiger partial charge in [0, 0.05) is 20.1 Å². The molecule has 1 aromatic heterocycles. The zero-order valence-corrected chi connectivity index (χ0v) is 9.28. The van der Waals surface area contributed by atoms with Crippen LogP contribution in [0, 0.1) is 6.92 Å². The lowest BCUT2D eigenvalue weighted by atomic mass is 10.1. The fraction of sp³-hybridized carbons (Fsp3) is 0.600. The number of esters is 1. The average molecular weight is 212 g/mol. The second-order valence-electron chi connectivity index (χ2n) is 3.22. The highest BCUT2D eigenvalue weighted by atomic mass is 16.5. The summed E-state index contributed by atoms with van der Waals surface area (Å²) in [6.45, 7) is 3.85. The summed E-state index contributed by atoms with van der Waals surface area (Å²) in [6.07, 6.45) is 0.408. The number of carbonyl (C=O) groups excluding carboxylic acids is 1. The number of aromatic nitrogens is 2. The Morgan fingerprint density at radius 2 is 2.27 bits per heavy atom. The van der Waals surface area contributed by atoms with Crippen molar-refractivity contribution < 1.29 is 14.6 Å². The number of ether oxygens (including phenoxy) is 1. The third-order valence-corrected chi connectivity index (χ3v) is 2.17. The molecule has 0 saturated carbocycles. The molecule has 84 valence electrons. The van der Waals surface area contributed by atoms with Crippen molar-refractivity contribution in [3.8, 4) is 0 Å². The molecule has 0 atom stereocenters. The molecule has 1 aromatic rings. The topological polar surface area (TPSA) is 64.3 Å². The Balaban J connectivity index is 3.08. The van der Waals surface area contributed by atoms with Crippen LogP contribution in [0.3, 0.4) is 0 Å². The molecule has 0 aromatic carbocycles. The fourth-order valence-electron chi connectivity index (χ4n) is 1.57. The largest absolute Gasteiger partial charge is 0.462 e. The van der Waals surface area contributed by atoms with Crippen molar-refractivity contribution in [3.63, 3.8) is 0 Å². The van der Waals surface area contributed by atoms with Gasteiger partial charge in [0.05, 0.1) is 18.0 Å². The minimum atomic E-state index is -0.369. The molecule has 0 amide bonds. The summed E-state index contributed by atoms with van der Waals surface area (Å²) in [5.41, 5.74) is 1.83. The molecular weight excluding hydrogens is 196 g/mol. The van der Waals surface area contributed by atoms with E-state index in [0.29, 0.717) is 30.0 Å². The van der Waals surface area contributed by atoms with Gasteiger partial charge in [-0.05, 0) is 13.8 Å². The van der Waals surface area contributed by atoms with Crippen LogP contribution in [0.1, 0.15) is 28.7 Å². The molecule has 0 spiro atoms. The molecule has 15 heavy (non-hydrogen) atoms. The second-order valence-corrected chi connectivity index (χ2v) is 3.22. The summed E-state index contributed by atoms with van der Waals surface area (Å²) in [5.74, 6) is -0.369. The van der Waals surface area contributed by atoms with Gasteiger partial charge in [0.1, 0.15) is 5.56 Å². The predicted octanol–water partition coefficient (Wildman–Crippen LogP) is 0.440. The number of nitrogens with zero attached hydrogens (tertiary/aromatic N) is 2. The monoisotopic (exact) mass is 212 g/mol. The van der Waals surface area contributed by atoms with Crippen LogP contribution in [0.2, 0.25) is 0 Å². The minimum Gasteiger partial charge on any atom is -0.462 e. The predicted molar refractivity (Wildman–Crippen MR) is 54.7 cm³/mol. The van der Waals surface area contributed by atoms with E-state index in [1.807, 2.05) is 0 Å². The van der Waals surface area contributed by atoms with Crippen LogP contribution in [-0.4, -0.2) is 34.1 Å². The molecule has 1 N–H and O–H groups in total. The third-order valence-electron chi connectivity index (χ3n) is 2.17. The number of hydrogen-bond donors (Lipinski definition) is 1. The van der Waals surface area contributed by atoms with Crippen LogP contribution in [0.4, 0.5) is 0 Å². The SMILES string of the molecule is CCOC(=O)c1c(C)nn(C)c1CCO. The Morgan fingerprint density at radius 1 is 1.60 bits per heavy atom. The molecule has 0 unspecified atom stereocenters. The van der Waals surface area contributed by atoms with Crippen molar-refractivity contribution in [1.82, 2.24) is 9.78 Å². The number of hydrogen-bond acceptors (Lipinski definition) is 4. The van der Waals surface area contributed by atoms with Crippen molar-refractivity contribution >= 4 is 5.97 Å². The van der Waals surface area contributed by atoms with Crippen LogP contribution in [-0.2, 0) is 18.2 Å². The molecule has 1 heterocycles. The summed E-state index contributed by atoms with van der Waals surface area (Å²) < 4.78 is 6.54. The summed E-state index contributed by atoms with van der Waals surface area (Å²) in [7, 11) is 1.75. The Labute approximate surface area is 88.7 Å². The molecule has 0 radical (unpaired) electrons. The van der Waals surface area contributed by atoms with E-state index in [0.717, 1.165) is 0 Å². The summed E-state index contributed by atoms with van der Waals surface area (Å²) >= 11 is 0.